The number of nitrogens with one attached hydrogen (secondary N) is 1. The van der Waals surface area contributed by atoms with Gasteiger partial charge in [-0.1, -0.05) is 0 Å². The van der Waals surface area contributed by atoms with Crippen LogP contribution >= 0.6 is 0 Å². The summed E-state index contributed by atoms with van der Waals surface area (Å²) in [7, 11) is -3.73. The van der Waals surface area contributed by atoms with Gasteiger partial charge >= 0.3 is 0 Å². The van der Waals surface area contributed by atoms with E-state index in [0.717, 1.165) is 30.7 Å². The Labute approximate surface area is 158 Å². The van der Waals surface area contributed by atoms with Crippen molar-refractivity contribution < 1.29 is 22.0 Å². The van der Waals surface area contributed by atoms with Gasteiger partial charge in [0.2, 0.25) is 15.9 Å². The molecule has 2 aromatic rings. The van der Waals surface area contributed by atoms with E-state index in [1.54, 1.807) is 6.26 Å². The molecule has 1 N–H and O–H groups in total. The van der Waals surface area contributed by atoms with Crippen LogP contribution in [0.2, 0.25) is 0 Å². The molecule has 0 radical (unpaired) electrons. The molecule has 3 rings (SSSR count). The van der Waals surface area contributed by atoms with Crippen LogP contribution in [0.3, 0.4) is 0 Å². The maximum atomic E-state index is 13.1. The van der Waals surface area contributed by atoms with Crippen LogP contribution in [0.15, 0.2) is 52.0 Å². The highest BCUT2D eigenvalue weighted by Gasteiger charge is 2.33. The van der Waals surface area contributed by atoms with E-state index in [1.807, 2.05) is 12.1 Å². The second-order valence-corrected chi connectivity index (χ2v) is 8.57. The Morgan fingerprint density at radius 1 is 1.26 bits per heavy atom. The second-order valence-electron chi connectivity index (χ2n) is 6.63. The van der Waals surface area contributed by atoms with Crippen molar-refractivity contribution >= 4 is 15.9 Å². The highest BCUT2D eigenvalue weighted by molar-refractivity contribution is 7.89. The first-order valence-corrected chi connectivity index (χ1v) is 10.5. The maximum Gasteiger partial charge on any atom is 0.243 e. The molecule has 146 valence electrons. The van der Waals surface area contributed by atoms with Gasteiger partial charge in [-0.3, -0.25) is 4.79 Å². The number of halogens is 1. The molecule has 0 aliphatic carbocycles. The van der Waals surface area contributed by atoms with Crippen molar-refractivity contribution in [2.24, 2.45) is 5.92 Å². The Morgan fingerprint density at radius 2 is 2.04 bits per heavy atom. The zero-order valence-electron chi connectivity index (χ0n) is 14.9. The van der Waals surface area contributed by atoms with Crippen LogP contribution in [-0.4, -0.2) is 38.3 Å². The molecule has 1 aromatic carbocycles. The third kappa shape index (κ3) is 4.95. The van der Waals surface area contributed by atoms with E-state index < -0.39 is 15.8 Å². The zero-order chi connectivity index (χ0) is 19.3. The van der Waals surface area contributed by atoms with Gasteiger partial charge in [-0.05, 0) is 55.7 Å². The molecule has 0 spiro atoms. The fourth-order valence-corrected chi connectivity index (χ4v) is 4.73. The summed E-state index contributed by atoms with van der Waals surface area (Å²) >= 11 is 0. The van der Waals surface area contributed by atoms with Gasteiger partial charge in [0.05, 0.1) is 17.1 Å². The lowest BCUT2D eigenvalue weighted by Crippen LogP contribution is -2.45. The molecule has 27 heavy (non-hydrogen) atoms. The van der Waals surface area contributed by atoms with E-state index in [9.17, 15) is 17.6 Å². The van der Waals surface area contributed by atoms with Crippen molar-refractivity contribution in [1.82, 2.24) is 9.62 Å². The number of rotatable bonds is 7. The van der Waals surface area contributed by atoms with Crippen LogP contribution in [0.5, 0.6) is 0 Å². The van der Waals surface area contributed by atoms with Crippen LogP contribution in [0, 0.1) is 11.7 Å². The van der Waals surface area contributed by atoms with E-state index in [0.29, 0.717) is 25.9 Å². The molecular formula is C19H23FN2O4S. The van der Waals surface area contributed by atoms with Crippen molar-refractivity contribution in [3.63, 3.8) is 0 Å². The van der Waals surface area contributed by atoms with E-state index in [4.69, 9.17) is 4.42 Å². The van der Waals surface area contributed by atoms with Crippen molar-refractivity contribution in [3.8, 4) is 0 Å². The molecule has 0 bridgehead atoms. The number of nitrogens with zero attached hydrogens (tertiary/aromatic N) is 1. The highest BCUT2D eigenvalue weighted by atomic mass is 32.2. The van der Waals surface area contributed by atoms with Crippen LogP contribution in [0.1, 0.15) is 25.0 Å². The number of carbonyl (C=O) groups excluding carboxylic acids is 1. The van der Waals surface area contributed by atoms with E-state index >= 15 is 0 Å². The van der Waals surface area contributed by atoms with Crippen molar-refractivity contribution in [1.29, 1.82) is 0 Å². The average Bonchev–Trinajstić information content (AvgIpc) is 3.19. The number of amides is 1. The summed E-state index contributed by atoms with van der Waals surface area (Å²) in [6, 6.07) is 8.47. The predicted octanol–water partition coefficient (Wildman–Crippen LogP) is 2.57. The molecule has 2 heterocycles. The molecule has 1 aromatic heterocycles. The Hall–Kier alpha value is -2.19. The molecule has 6 nitrogen and oxygen atoms in total. The number of piperidine rings is 1. The summed E-state index contributed by atoms with van der Waals surface area (Å²) in [5, 5.41) is 2.88. The lowest BCUT2D eigenvalue weighted by atomic mass is 9.99. The summed E-state index contributed by atoms with van der Waals surface area (Å²) in [6.07, 6.45) is 4.38. The molecular weight excluding hydrogens is 371 g/mol. The summed E-state index contributed by atoms with van der Waals surface area (Å²) in [5.41, 5.74) is 0. The Morgan fingerprint density at radius 3 is 2.74 bits per heavy atom. The molecule has 0 unspecified atom stereocenters. The van der Waals surface area contributed by atoms with Crippen LogP contribution in [0.4, 0.5) is 4.39 Å². The summed E-state index contributed by atoms with van der Waals surface area (Å²) in [6.45, 7) is 1.02. The number of furan rings is 1. The van der Waals surface area contributed by atoms with Gasteiger partial charge in [-0.15, -0.1) is 0 Å². The van der Waals surface area contributed by atoms with Crippen LogP contribution in [-0.2, 0) is 21.2 Å². The minimum atomic E-state index is -3.73. The molecule has 1 aliphatic heterocycles. The topological polar surface area (TPSA) is 79.6 Å². The number of benzene rings is 1. The molecule has 8 heteroatoms. The maximum absolute atomic E-state index is 13.1. The van der Waals surface area contributed by atoms with Crippen molar-refractivity contribution in [2.75, 3.05) is 19.6 Å². The van der Waals surface area contributed by atoms with Gasteiger partial charge in [0.1, 0.15) is 11.6 Å². The standard InChI is InChI=1S/C19H23FN2O4S/c20-16-7-9-18(10-8-16)27(24,25)22-12-2-4-15(14-22)19(23)21-11-1-5-17-6-3-13-26-17/h3,6-10,13,15H,1-2,4-5,11-12,14H2,(H,21,23)/t15-/m1/s1. The number of hydrogen-bond donors (Lipinski definition) is 1. The summed E-state index contributed by atoms with van der Waals surface area (Å²) in [4.78, 5) is 12.5. The molecule has 1 saturated heterocycles. The smallest absolute Gasteiger partial charge is 0.243 e. The number of carbonyl (C=O) groups is 1. The van der Waals surface area contributed by atoms with Gasteiger partial charge < -0.3 is 9.73 Å². The Balaban J connectivity index is 1.53. The van der Waals surface area contributed by atoms with Crippen molar-refractivity contribution in [2.45, 2.75) is 30.6 Å². The summed E-state index contributed by atoms with van der Waals surface area (Å²) in [5.74, 6) is -0.121. The Kier molecular flexibility index (Phi) is 6.28. The van der Waals surface area contributed by atoms with E-state index in [-0.39, 0.29) is 23.3 Å². The summed E-state index contributed by atoms with van der Waals surface area (Å²) < 4.78 is 45.1. The largest absolute Gasteiger partial charge is 0.469 e. The SMILES string of the molecule is O=C(NCCCc1ccco1)[C@@H]1CCCN(S(=O)(=O)c2ccc(F)cc2)C1. The molecule has 1 aliphatic rings. The lowest BCUT2D eigenvalue weighted by Gasteiger charge is -2.31. The lowest BCUT2D eigenvalue weighted by molar-refractivity contribution is -0.126. The molecule has 1 fully saturated rings. The molecule has 1 amide bonds. The highest BCUT2D eigenvalue weighted by Crippen LogP contribution is 2.24. The molecule has 0 saturated carbocycles. The molecule has 1 atom stereocenters. The number of hydrogen-bond acceptors (Lipinski definition) is 4. The first-order valence-electron chi connectivity index (χ1n) is 9.02. The zero-order valence-corrected chi connectivity index (χ0v) is 15.8. The van der Waals surface area contributed by atoms with Crippen LogP contribution in [0.25, 0.3) is 0 Å². The quantitative estimate of drug-likeness (QED) is 0.732. The average molecular weight is 394 g/mol. The third-order valence-electron chi connectivity index (χ3n) is 4.69. The third-order valence-corrected chi connectivity index (χ3v) is 6.56. The van der Waals surface area contributed by atoms with E-state index in [1.165, 1.54) is 16.4 Å². The minimum Gasteiger partial charge on any atom is -0.469 e. The number of sulfonamides is 1. The monoisotopic (exact) mass is 394 g/mol. The van der Waals surface area contributed by atoms with Gasteiger partial charge in [-0.2, -0.15) is 4.31 Å². The van der Waals surface area contributed by atoms with Crippen LogP contribution < -0.4 is 5.32 Å². The minimum absolute atomic E-state index is 0.0448. The van der Waals surface area contributed by atoms with E-state index in [2.05, 4.69) is 5.32 Å². The fraction of sp³-hybridized carbons (Fsp3) is 0.421. The normalized spacial score (nSPS) is 18.3. The first-order chi connectivity index (χ1) is 13.0. The van der Waals surface area contributed by atoms with Crippen molar-refractivity contribution in [3.05, 3.63) is 54.2 Å². The van der Waals surface area contributed by atoms with Gasteiger partial charge in [0.15, 0.2) is 0 Å². The Bertz CT molecular complexity index is 850. The van der Waals surface area contributed by atoms with Gasteiger partial charge in [0.25, 0.3) is 0 Å². The predicted molar refractivity (Wildman–Crippen MR) is 97.9 cm³/mol. The van der Waals surface area contributed by atoms with Gasteiger partial charge in [-0.25, -0.2) is 12.8 Å². The number of aryl methyl sites for hydroxylation is 1. The van der Waals surface area contributed by atoms with Gasteiger partial charge in [0, 0.05) is 26.1 Å². The fourth-order valence-electron chi connectivity index (χ4n) is 3.20. The second kappa shape index (κ2) is 8.67. The first kappa shape index (κ1) is 19.6.